The van der Waals surface area contributed by atoms with E-state index < -0.39 is 16.2 Å². The van der Waals surface area contributed by atoms with Gasteiger partial charge in [-0.2, -0.15) is 8.42 Å². The van der Waals surface area contributed by atoms with E-state index in [1.54, 1.807) is 0 Å². The van der Waals surface area contributed by atoms with Crippen molar-refractivity contribution < 1.29 is 12.6 Å². The average molecular weight is 360 g/mol. The normalized spacial score (nSPS) is 13.8. The van der Waals surface area contributed by atoms with Gasteiger partial charge in [0.2, 0.25) is 0 Å². The Balaban J connectivity index is 2.98. The maximum Gasteiger partial charge on any atom is 0.265 e. The van der Waals surface area contributed by atoms with E-state index in [1.165, 1.54) is 12.4 Å². The molecule has 0 N–H and O–H groups in total. The zero-order chi connectivity index (χ0) is 11.5. The summed E-state index contributed by atoms with van der Waals surface area (Å²) >= 11 is 6.34. The number of hydrogen-bond donors (Lipinski definition) is 0. The third kappa shape index (κ3) is 4.13. The van der Waals surface area contributed by atoms with Crippen molar-refractivity contribution in [3.63, 3.8) is 0 Å². The molecule has 0 spiro atoms. The Morgan fingerprint density at radius 1 is 1.47 bits per heavy atom. The fourth-order valence-electron chi connectivity index (χ4n) is 0.903. The molecule has 84 valence electrons. The second-order valence-corrected chi connectivity index (χ2v) is 5.68. The zero-order valence-corrected chi connectivity index (χ0v) is 11.7. The molecule has 0 amide bonds. The lowest BCUT2D eigenvalue weighted by Gasteiger charge is -2.13. The lowest BCUT2D eigenvalue weighted by molar-refractivity contribution is 0.236. The van der Waals surface area contributed by atoms with Gasteiger partial charge in [-0.15, -0.1) is 0 Å². The quantitative estimate of drug-likeness (QED) is 0.604. The van der Waals surface area contributed by atoms with Gasteiger partial charge in [0.15, 0.2) is 0 Å². The van der Waals surface area contributed by atoms with Crippen LogP contribution in [0.5, 0.6) is 0 Å². The summed E-state index contributed by atoms with van der Waals surface area (Å²) in [6.07, 6.45) is 3.29. The van der Waals surface area contributed by atoms with Gasteiger partial charge in [-0.05, 0) is 15.9 Å². The van der Waals surface area contributed by atoms with Gasteiger partial charge in [0.25, 0.3) is 10.1 Å². The summed E-state index contributed by atoms with van der Waals surface area (Å²) in [4.78, 5) is 7.94. The molecule has 0 aliphatic heterocycles. The SMILES string of the molecule is CS(=O)(=O)OC(CBr)c1nccnc1Br. The van der Waals surface area contributed by atoms with Gasteiger partial charge in [0.05, 0.1) is 6.26 Å². The van der Waals surface area contributed by atoms with E-state index in [-0.39, 0.29) is 0 Å². The molecule has 0 aliphatic rings. The van der Waals surface area contributed by atoms with Gasteiger partial charge in [0.1, 0.15) is 16.4 Å². The molecule has 0 saturated carbocycles. The topological polar surface area (TPSA) is 69.2 Å². The van der Waals surface area contributed by atoms with Crippen LogP contribution in [0.4, 0.5) is 0 Å². The van der Waals surface area contributed by atoms with Crippen molar-refractivity contribution in [2.24, 2.45) is 0 Å². The minimum Gasteiger partial charge on any atom is -0.259 e. The van der Waals surface area contributed by atoms with E-state index in [2.05, 4.69) is 41.8 Å². The van der Waals surface area contributed by atoms with E-state index in [9.17, 15) is 8.42 Å². The largest absolute Gasteiger partial charge is 0.265 e. The average Bonchev–Trinajstić information content (AvgIpc) is 2.14. The van der Waals surface area contributed by atoms with Gasteiger partial charge in [0, 0.05) is 17.7 Å². The van der Waals surface area contributed by atoms with Crippen LogP contribution < -0.4 is 0 Å². The highest BCUT2D eigenvalue weighted by Crippen LogP contribution is 2.24. The molecule has 1 aromatic rings. The second-order valence-electron chi connectivity index (χ2n) is 2.68. The van der Waals surface area contributed by atoms with Gasteiger partial charge >= 0.3 is 0 Å². The van der Waals surface area contributed by atoms with Crippen molar-refractivity contribution in [3.05, 3.63) is 22.7 Å². The van der Waals surface area contributed by atoms with E-state index in [4.69, 9.17) is 4.18 Å². The Labute approximate surface area is 105 Å². The fourth-order valence-corrected chi connectivity index (χ4v) is 2.57. The minimum absolute atomic E-state index is 0.317. The van der Waals surface area contributed by atoms with Crippen molar-refractivity contribution >= 4 is 42.0 Å². The van der Waals surface area contributed by atoms with Gasteiger partial charge in [-0.3, -0.25) is 9.17 Å². The van der Waals surface area contributed by atoms with Crippen LogP contribution in [0.1, 0.15) is 11.8 Å². The van der Waals surface area contributed by atoms with Crippen molar-refractivity contribution in [2.45, 2.75) is 6.10 Å². The van der Waals surface area contributed by atoms with Gasteiger partial charge < -0.3 is 0 Å². The van der Waals surface area contributed by atoms with Crippen molar-refractivity contribution in [3.8, 4) is 0 Å². The lowest BCUT2D eigenvalue weighted by atomic mass is 10.3. The molecule has 0 fully saturated rings. The van der Waals surface area contributed by atoms with E-state index in [1.807, 2.05) is 0 Å². The molecule has 0 aliphatic carbocycles. The molecule has 0 saturated heterocycles. The highest BCUT2D eigenvalue weighted by molar-refractivity contribution is 9.10. The van der Waals surface area contributed by atoms with Crippen LogP contribution >= 0.6 is 31.9 Å². The molecule has 1 aromatic heterocycles. The molecule has 1 rings (SSSR count). The first-order chi connectivity index (χ1) is 6.94. The number of nitrogens with zero attached hydrogens (tertiary/aromatic N) is 2. The monoisotopic (exact) mass is 358 g/mol. The Hall–Kier alpha value is -0.0500. The number of hydrogen-bond acceptors (Lipinski definition) is 5. The summed E-state index contributed by atoms with van der Waals surface area (Å²) < 4.78 is 27.3. The van der Waals surface area contributed by atoms with Gasteiger partial charge in [-0.25, -0.2) is 4.98 Å². The molecular formula is C7H8Br2N2O3S. The van der Waals surface area contributed by atoms with Gasteiger partial charge in [-0.1, -0.05) is 15.9 Å². The Morgan fingerprint density at radius 3 is 2.53 bits per heavy atom. The van der Waals surface area contributed by atoms with Crippen LogP contribution in [0.15, 0.2) is 17.0 Å². The first-order valence-electron chi connectivity index (χ1n) is 3.84. The molecule has 1 unspecified atom stereocenters. The molecule has 15 heavy (non-hydrogen) atoms. The Kier molecular flexibility index (Phi) is 4.63. The van der Waals surface area contributed by atoms with E-state index in [0.29, 0.717) is 15.6 Å². The van der Waals surface area contributed by atoms with Crippen LogP contribution in [-0.2, 0) is 14.3 Å². The minimum atomic E-state index is -3.52. The molecule has 1 heterocycles. The van der Waals surface area contributed by atoms with Crippen LogP contribution in [-0.4, -0.2) is 30.0 Å². The summed E-state index contributed by atoms with van der Waals surface area (Å²) in [5.74, 6) is 0. The fraction of sp³-hybridized carbons (Fsp3) is 0.429. The van der Waals surface area contributed by atoms with Crippen LogP contribution in [0, 0.1) is 0 Å². The van der Waals surface area contributed by atoms with Crippen LogP contribution in [0.2, 0.25) is 0 Å². The van der Waals surface area contributed by atoms with E-state index >= 15 is 0 Å². The summed E-state index contributed by atoms with van der Waals surface area (Å²) in [5, 5.41) is 0.317. The molecule has 0 bridgehead atoms. The summed E-state index contributed by atoms with van der Waals surface area (Å²) in [6, 6.07) is 0. The van der Waals surface area contributed by atoms with Crippen molar-refractivity contribution in [1.29, 1.82) is 0 Å². The lowest BCUT2D eigenvalue weighted by Crippen LogP contribution is -2.13. The van der Waals surface area contributed by atoms with E-state index in [0.717, 1.165) is 6.26 Å². The second kappa shape index (κ2) is 5.33. The molecule has 5 nitrogen and oxygen atoms in total. The summed E-state index contributed by atoms with van der Waals surface area (Å²) in [6.45, 7) is 0. The number of rotatable bonds is 4. The summed E-state index contributed by atoms with van der Waals surface area (Å²) in [7, 11) is -3.52. The highest BCUT2D eigenvalue weighted by Gasteiger charge is 2.20. The van der Waals surface area contributed by atoms with Crippen LogP contribution in [0.3, 0.4) is 0 Å². The standard InChI is InChI=1S/C7H8Br2N2O3S/c1-15(12,13)14-5(4-8)6-7(9)11-3-2-10-6/h2-3,5H,4H2,1H3. The number of alkyl halides is 1. The Bertz CT molecular complexity index is 438. The predicted molar refractivity (Wildman–Crippen MR) is 62.2 cm³/mol. The third-order valence-corrected chi connectivity index (χ3v) is 3.20. The maximum atomic E-state index is 11.0. The Morgan fingerprint density at radius 2 is 2.07 bits per heavy atom. The molecule has 0 aromatic carbocycles. The molecule has 1 atom stereocenters. The predicted octanol–water partition coefficient (Wildman–Crippen LogP) is 1.65. The maximum absolute atomic E-state index is 11.0. The first-order valence-corrected chi connectivity index (χ1v) is 7.58. The van der Waals surface area contributed by atoms with Crippen molar-refractivity contribution in [1.82, 2.24) is 9.97 Å². The smallest absolute Gasteiger partial charge is 0.259 e. The highest BCUT2D eigenvalue weighted by atomic mass is 79.9. The molecular weight excluding hydrogens is 352 g/mol. The molecule has 0 radical (unpaired) electrons. The first kappa shape index (κ1) is 13.0. The third-order valence-electron chi connectivity index (χ3n) is 1.42. The van der Waals surface area contributed by atoms with Crippen LogP contribution in [0.25, 0.3) is 0 Å². The number of halogens is 2. The number of aromatic nitrogens is 2. The van der Waals surface area contributed by atoms with Crippen molar-refractivity contribution in [2.75, 3.05) is 11.6 Å². The zero-order valence-electron chi connectivity index (χ0n) is 7.72. The molecule has 8 heteroatoms. The summed E-state index contributed by atoms with van der Waals surface area (Å²) in [5.41, 5.74) is 0.444.